The Morgan fingerprint density at radius 2 is 0.719 bits per heavy atom. The molecular formula is C22H26N6O4. The molecule has 4 bridgehead atoms. The lowest BCUT2D eigenvalue weighted by atomic mass is 10.2. The molecule has 1 aliphatic rings. The molecule has 0 aromatic carbocycles. The van der Waals surface area contributed by atoms with Crippen LogP contribution in [0.5, 0.6) is 0 Å². The summed E-state index contributed by atoms with van der Waals surface area (Å²) in [6.45, 7) is 1.11. The van der Waals surface area contributed by atoms with Gasteiger partial charge in [-0.1, -0.05) is 12.1 Å². The van der Waals surface area contributed by atoms with Crippen molar-refractivity contribution in [2.24, 2.45) is 0 Å². The van der Waals surface area contributed by atoms with Crippen LogP contribution in [0.3, 0.4) is 0 Å². The van der Waals surface area contributed by atoms with Gasteiger partial charge in [0.15, 0.2) is 0 Å². The van der Waals surface area contributed by atoms with Crippen LogP contribution in [0.2, 0.25) is 0 Å². The summed E-state index contributed by atoms with van der Waals surface area (Å²) in [6.07, 6.45) is 0.302. The second-order valence-corrected chi connectivity index (χ2v) is 7.35. The molecule has 168 valence electrons. The van der Waals surface area contributed by atoms with Gasteiger partial charge in [0.25, 0.3) is 0 Å². The fourth-order valence-corrected chi connectivity index (χ4v) is 3.17. The molecule has 10 nitrogen and oxygen atoms in total. The molecule has 3 rings (SSSR count). The number of fused-ring (bicyclic) bond motifs is 4. The van der Waals surface area contributed by atoms with Gasteiger partial charge in [-0.15, -0.1) is 0 Å². The molecule has 0 fully saturated rings. The van der Waals surface area contributed by atoms with Gasteiger partial charge in [0, 0.05) is 49.0 Å². The first-order chi connectivity index (χ1) is 15.5. The quantitative estimate of drug-likeness (QED) is 0.408. The van der Waals surface area contributed by atoms with Crippen molar-refractivity contribution in [2.75, 3.05) is 26.2 Å². The first-order valence-electron chi connectivity index (χ1n) is 10.4. The first kappa shape index (κ1) is 22.9. The summed E-state index contributed by atoms with van der Waals surface area (Å²) in [5, 5.41) is 10.9. The smallest absolute Gasteiger partial charge is 0.226 e. The predicted molar refractivity (Wildman–Crippen MR) is 115 cm³/mol. The zero-order valence-corrected chi connectivity index (χ0v) is 17.6. The summed E-state index contributed by atoms with van der Waals surface area (Å²) in [5.74, 6) is -0.887. The van der Waals surface area contributed by atoms with Gasteiger partial charge >= 0.3 is 0 Å². The third-order valence-electron chi connectivity index (χ3n) is 4.63. The third kappa shape index (κ3) is 7.78. The highest BCUT2D eigenvalue weighted by Crippen LogP contribution is 2.03. The highest BCUT2D eigenvalue weighted by atomic mass is 16.2. The number of nitrogens with zero attached hydrogens (tertiary/aromatic N) is 2. The van der Waals surface area contributed by atoms with Gasteiger partial charge in [0.2, 0.25) is 23.6 Å². The molecular weight excluding hydrogens is 412 g/mol. The maximum atomic E-state index is 12.1. The Balaban J connectivity index is 1.65. The van der Waals surface area contributed by atoms with Crippen LogP contribution >= 0.6 is 0 Å². The van der Waals surface area contributed by atoms with Gasteiger partial charge in [-0.05, 0) is 24.3 Å². The highest BCUT2D eigenvalue weighted by Gasteiger charge is 2.11. The molecule has 32 heavy (non-hydrogen) atoms. The maximum Gasteiger partial charge on any atom is 0.226 e. The molecule has 2 aromatic rings. The SMILES string of the molecule is O=C1Cc2cccc(n2)CC(=O)NCCNC(=O)Cc2cccc(n2)CC(=O)NCCN1. The Labute approximate surface area is 185 Å². The van der Waals surface area contributed by atoms with Crippen LogP contribution in [0.15, 0.2) is 36.4 Å². The molecule has 0 unspecified atom stereocenters. The van der Waals surface area contributed by atoms with E-state index in [-0.39, 0.29) is 75.5 Å². The van der Waals surface area contributed by atoms with Gasteiger partial charge in [0.05, 0.1) is 25.7 Å². The molecule has 0 saturated carbocycles. The minimum absolute atomic E-state index is 0.0755. The Morgan fingerprint density at radius 1 is 0.469 bits per heavy atom. The monoisotopic (exact) mass is 438 g/mol. The minimum Gasteiger partial charge on any atom is -0.354 e. The Morgan fingerprint density at radius 3 is 0.969 bits per heavy atom. The van der Waals surface area contributed by atoms with Crippen molar-refractivity contribution in [1.29, 1.82) is 0 Å². The summed E-state index contributed by atoms with van der Waals surface area (Å²) in [5.41, 5.74) is 2.21. The van der Waals surface area contributed by atoms with E-state index in [1.165, 1.54) is 0 Å². The van der Waals surface area contributed by atoms with Crippen LogP contribution in [0.1, 0.15) is 22.8 Å². The van der Waals surface area contributed by atoms with E-state index in [2.05, 4.69) is 31.2 Å². The van der Waals surface area contributed by atoms with Crippen molar-refractivity contribution < 1.29 is 19.2 Å². The average molecular weight is 438 g/mol. The largest absolute Gasteiger partial charge is 0.354 e. The second kappa shape index (κ2) is 11.5. The number of hydrogen-bond donors (Lipinski definition) is 4. The summed E-state index contributed by atoms with van der Waals surface area (Å²) in [7, 11) is 0. The van der Waals surface area contributed by atoms with E-state index < -0.39 is 0 Å². The van der Waals surface area contributed by atoms with E-state index in [4.69, 9.17) is 0 Å². The molecule has 0 spiro atoms. The van der Waals surface area contributed by atoms with Crippen LogP contribution in [-0.4, -0.2) is 59.8 Å². The predicted octanol–water partition coefficient (Wildman–Crippen LogP) is -1.17. The minimum atomic E-state index is -0.222. The highest BCUT2D eigenvalue weighted by molar-refractivity contribution is 5.80. The lowest BCUT2D eigenvalue weighted by Crippen LogP contribution is -2.36. The van der Waals surface area contributed by atoms with E-state index in [0.29, 0.717) is 22.8 Å². The average Bonchev–Trinajstić information content (AvgIpc) is 2.74. The molecule has 0 atom stereocenters. The number of pyridine rings is 2. The molecule has 4 N–H and O–H groups in total. The van der Waals surface area contributed by atoms with Crippen LogP contribution in [-0.2, 0) is 44.9 Å². The van der Waals surface area contributed by atoms with E-state index >= 15 is 0 Å². The van der Waals surface area contributed by atoms with Crippen LogP contribution in [0, 0.1) is 0 Å². The lowest BCUT2D eigenvalue weighted by Gasteiger charge is -2.10. The number of nitrogens with one attached hydrogen (secondary N) is 4. The van der Waals surface area contributed by atoms with Gasteiger partial charge in [-0.25, -0.2) is 0 Å². The molecule has 0 aliphatic carbocycles. The van der Waals surface area contributed by atoms with Crippen molar-refractivity contribution in [3.8, 4) is 0 Å². The first-order valence-corrected chi connectivity index (χ1v) is 10.4. The lowest BCUT2D eigenvalue weighted by molar-refractivity contribution is -0.122. The number of hydrogen-bond acceptors (Lipinski definition) is 6. The van der Waals surface area contributed by atoms with Crippen LogP contribution in [0.25, 0.3) is 0 Å². The number of carbonyl (C=O) groups excluding carboxylic acids is 4. The summed E-state index contributed by atoms with van der Waals surface area (Å²) >= 11 is 0. The fourth-order valence-electron chi connectivity index (χ4n) is 3.17. The van der Waals surface area contributed by atoms with Crippen LogP contribution < -0.4 is 21.3 Å². The molecule has 4 amide bonds. The van der Waals surface area contributed by atoms with Crippen molar-refractivity contribution >= 4 is 23.6 Å². The van der Waals surface area contributed by atoms with Crippen molar-refractivity contribution in [3.05, 3.63) is 59.2 Å². The standard InChI is InChI=1S/C22H26N6O4/c29-19-11-15-3-1-4-16(27-15)12-20(30)24-8-10-26-22(32)14-18-6-2-5-17(28-18)13-21(31)25-9-7-23-19/h1-6H,7-14H2,(H,23,29)(H,24,30)(H,25,31)(H,26,32). The fraction of sp³-hybridized carbons (Fsp3) is 0.364. The van der Waals surface area contributed by atoms with Crippen molar-refractivity contribution in [2.45, 2.75) is 25.7 Å². The Hall–Kier alpha value is -3.82. The zero-order valence-electron chi connectivity index (χ0n) is 17.6. The molecule has 10 heteroatoms. The van der Waals surface area contributed by atoms with Crippen molar-refractivity contribution in [1.82, 2.24) is 31.2 Å². The van der Waals surface area contributed by atoms with E-state index in [1.54, 1.807) is 36.4 Å². The van der Waals surface area contributed by atoms with Gasteiger partial charge in [-0.2, -0.15) is 0 Å². The molecule has 3 heterocycles. The Bertz CT molecular complexity index is 844. The molecule has 1 aliphatic heterocycles. The summed E-state index contributed by atoms with van der Waals surface area (Å²) in [6, 6.07) is 10.4. The van der Waals surface area contributed by atoms with E-state index in [0.717, 1.165) is 0 Å². The number of aromatic nitrogens is 2. The van der Waals surface area contributed by atoms with E-state index in [9.17, 15) is 19.2 Å². The zero-order chi connectivity index (χ0) is 22.8. The summed E-state index contributed by atoms with van der Waals surface area (Å²) < 4.78 is 0. The summed E-state index contributed by atoms with van der Waals surface area (Å²) in [4.78, 5) is 57.3. The third-order valence-corrected chi connectivity index (χ3v) is 4.63. The van der Waals surface area contributed by atoms with Gasteiger partial charge in [0.1, 0.15) is 0 Å². The normalized spacial score (nSPS) is 17.0. The van der Waals surface area contributed by atoms with Gasteiger partial charge < -0.3 is 21.3 Å². The van der Waals surface area contributed by atoms with E-state index in [1.807, 2.05) is 0 Å². The molecule has 0 saturated heterocycles. The maximum absolute atomic E-state index is 12.1. The van der Waals surface area contributed by atoms with Crippen LogP contribution in [0.4, 0.5) is 0 Å². The molecule has 2 aromatic heterocycles. The number of rotatable bonds is 0. The number of amides is 4. The van der Waals surface area contributed by atoms with Crippen molar-refractivity contribution in [3.63, 3.8) is 0 Å². The second-order valence-electron chi connectivity index (χ2n) is 7.35. The Kier molecular flexibility index (Phi) is 8.24. The van der Waals surface area contributed by atoms with Gasteiger partial charge in [-0.3, -0.25) is 29.1 Å². The number of carbonyl (C=O) groups is 4. The molecule has 0 radical (unpaired) electrons. The topological polar surface area (TPSA) is 142 Å².